The van der Waals surface area contributed by atoms with Crippen molar-refractivity contribution in [2.45, 2.75) is 25.8 Å². The van der Waals surface area contributed by atoms with E-state index in [4.69, 9.17) is 23.2 Å². The summed E-state index contributed by atoms with van der Waals surface area (Å²) in [7, 11) is 0. The molecule has 2 amide bonds. The minimum atomic E-state index is -0.389. The maximum Gasteiger partial charge on any atom is 0.317 e. The molecule has 1 aromatic heterocycles. The Kier molecular flexibility index (Phi) is 5.21. The van der Waals surface area contributed by atoms with Crippen LogP contribution in [0.3, 0.4) is 0 Å². The number of carbonyl (C=O) groups excluding carboxylic acids is 1. The van der Waals surface area contributed by atoms with Gasteiger partial charge in [-0.15, -0.1) is 0 Å². The summed E-state index contributed by atoms with van der Waals surface area (Å²) in [6, 6.07) is 5.40. The van der Waals surface area contributed by atoms with E-state index >= 15 is 0 Å². The molecule has 28 heavy (non-hydrogen) atoms. The SMILES string of the molecule is Cc1ccc(-n2ncc(N3CCCC(N4CCNC4=O)C3)c(Cl)c2=O)cc1Cl. The van der Waals surface area contributed by atoms with Crippen molar-refractivity contribution in [1.82, 2.24) is 20.0 Å². The molecule has 0 spiro atoms. The standard InChI is InChI=1S/C19H21Cl2N5O2/c1-12-4-5-13(9-15(12)20)26-18(27)17(21)16(10-23-26)24-7-2-3-14(11-24)25-8-6-22-19(25)28/h4-5,9-10,14H,2-3,6-8,11H2,1H3,(H,22,28). The first-order chi connectivity index (χ1) is 13.5. The van der Waals surface area contributed by atoms with Crippen molar-refractivity contribution in [3.05, 3.63) is 50.4 Å². The lowest BCUT2D eigenvalue weighted by molar-refractivity contribution is 0.189. The number of nitrogens with zero attached hydrogens (tertiary/aromatic N) is 4. The van der Waals surface area contributed by atoms with Crippen molar-refractivity contribution in [2.75, 3.05) is 31.1 Å². The van der Waals surface area contributed by atoms with E-state index < -0.39 is 0 Å². The molecule has 3 heterocycles. The number of piperidine rings is 1. The lowest BCUT2D eigenvalue weighted by Crippen LogP contribution is -2.49. The molecule has 1 N–H and O–H groups in total. The summed E-state index contributed by atoms with van der Waals surface area (Å²) >= 11 is 12.6. The molecule has 0 bridgehead atoms. The summed E-state index contributed by atoms with van der Waals surface area (Å²) in [5.41, 5.74) is 1.70. The van der Waals surface area contributed by atoms with Crippen LogP contribution in [0.15, 0.2) is 29.2 Å². The summed E-state index contributed by atoms with van der Waals surface area (Å²) in [4.78, 5) is 28.7. The van der Waals surface area contributed by atoms with Crippen molar-refractivity contribution in [1.29, 1.82) is 0 Å². The quantitative estimate of drug-likeness (QED) is 0.826. The molecule has 0 radical (unpaired) electrons. The first-order valence-corrected chi connectivity index (χ1v) is 10.0. The van der Waals surface area contributed by atoms with Crippen molar-refractivity contribution in [3.8, 4) is 5.69 Å². The Morgan fingerprint density at radius 2 is 2.04 bits per heavy atom. The van der Waals surface area contributed by atoms with Crippen molar-refractivity contribution in [3.63, 3.8) is 0 Å². The molecule has 2 aliphatic rings. The molecule has 1 unspecified atom stereocenters. The van der Waals surface area contributed by atoms with Crippen molar-refractivity contribution in [2.24, 2.45) is 0 Å². The van der Waals surface area contributed by atoms with Crippen molar-refractivity contribution >= 4 is 34.9 Å². The summed E-state index contributed by atoms with van der Waals surface area (Å²) in [5, 5.41) is 7.85. The summed E-state index contributed by atoms with van der Waals surface area (Å²) < 4.78 is 1.26. The molecule has 2 fully saturated rings. The highest BCUT2D eigenvalue weighted by molar-refractivity contribution is 6.33. The van der Waals surface area contributed by atoms with Gasteiger partial charge in [0.2, 0.25) is 0 Å². The Morgan fingerprint density at radius 1 is 1.21 bits per heavy atom. The number of anilines is 1. The van der Waals surface area contributed by atoms with Crippen LogP contribution in [0.4, 0.5) is 10.5 Å². The second-order valence-corrected chi connectivity index (χ2v) is 7.95. The fourth-order valence-electron chi connectivity index (χ4n) is 3.80. The molecule has 2 saturated heterocycles. The average molecular weight is 422 g/mol. The van der Waals surface area contributed by atoms with E-state index in [1.807, 2.05) is 22.8 Å². The zero-order chi connectivity index (χ0) is 19.8. The van der Waals surface area contributed by atoms with Gasteiger partial charge in [-0.2, -0.15) is 9.78 Å². The molecule has 4 rings (SSSR count). The molecule has 148 valence electrons. The molecule has 1 atom stereocenters. The van der Waals surface area contributed by atoms with Crippen LogP contribution in [-0.2, 0) is 0 Å². The maximum atomic E-state index is 12.8. The summed E-state index contributed by atoms with van der Waals surface area (Å²) in [6.45, 7) is 4.68. The van der Waals surface area contributed by atoms with Crippen LogP contribution in [0.25, 0.3) is 5.69 Å². The normalized spacial score (nSPS) is 19.8. The second-order valence-electron chi connectivity index (χ2n) is 7.16. The first-order valence-electron chi connectivity index (χ1n) is 9.29. The number of hydrogen-bond acceptors (Lipinski definition) is 4. The third-order valence-corrected chi connectivity index (χ3v) is 6.13. The number of rotatable bonds is 3. The van der Waals surface area contributed by atoms with E-state index in [9.17, 15) is 9.59 Å². The second kappa shape index (κ2) is 7.64. The van der Waals surface area contributed by atoms with E-state index in [1.165, 1.54) is 4.68 Å². The Hall–Kier alpha value is -2.25. The van der Waals surface area contributed by atoms with Crippen LogP contribution >= 0.6 is 23.2 Å². The predicted molar refractivity (Wildman–Crippen MR) is 110 cm³/mol. The van der Waals surface area contributed by atoms with E-state index in [-0.39, 0.29) is 22.7 Å². The van der Waals surface area contributed by atoms with Gasteiger partial charge in [0, 0.05) is 31.2 Å². The largest absolute Gasteiger partial charge is 0.367 e. The van der Waals surface area contributed by atoms with Gasteiger partial charge < -0.3 is 15.1 Å². The Morgan fingerprint density at radius 3 is 2.75 bits per heavy atom. The highest BCUT2D eigenvalue weighted by Gasteiger charge is 2.32. The topological polar surface area (TPSA) is 70.5 Å². The van der Waals surface area contributed by atoms with Crippen LogP contribution in [0.1, 0.15) is 18.4 Å². The van der Waals surface area contributed by atoms with Gasteiger partial charge >= 0.3 is 6.03 Å². The molecule has 0 aliphatic carbocycles. The minimum Gasteiger partial charge on any atom is -0.367 e. The van der Waals surface area contributed by atoms with Gasteiger partial charge in [-0.05, 0) is 37.5 Å². The number of nitrogens with one attached hydrogen (secondary N) is 1. The number of urea groups is 1. The Balaban J connectivity index is 1.62. The van der Waals surface area contributed by atoms with E-state index in [0.717, 1.165) is 24.9 Å². The molecular formula is C19H21Cl2N5O2. The Labute approximate surface area is 172 Å². The minimum absolute atomic E-state index is 0.0252. The summed E-state index contributed by atoms with van der Waals surface area (Å²) in [5.74, 6) is 0. The smallest absolute Gasteiger partial charge is 0.317 e. The van der Waals surface area contributed by atoms with Gasteiger partial charge in [0.15, 0.2) is 0 Å². The number of aromatic nitrogens is 2. The average Bonchev–Trinajstić information content (AvgIpc) is 3.12. The fraction of sp³-hybridized carbons (Fsp3) is 0.421. The van der Waals surface area contributed by atoms with E-state index in [1.54, 1.807) is 18.3 Å². The van der Waals surface area contributed by atoms with Gasteiger partial charge in [-0.25, -0.2) is 4.79 Å². The first kappa shape index (κ1) is 19.1. The molecule has 0 saturated carbocycles. The van der Waals surface area contributed by atoms with Gasteiger partial charge in [-0.1, -0.05) is 29.3 Å². The lowest BCUT2D eigenvalue weighted by atomic mass is 10.0. The van der Waals surface area contributed by atoms with Crippen LogP contribution in [-0.4, -0.2) is 52.9 Å². The third-order valence-electron chi connectivity index (χ3n) is 5.37. The van der Waals surface area contributed by atoms with E-state index in [2.05, 4.69) is 10.4 Å². The number of hydrogen-bond donors (Lipinski definition) is 1. The maximum absolute atomic E-state index is 12.8. The van der Waals surface area contributed by atoms with E-state index in [0.29, 0.717) is 36.0 Å². The van der Waals surface area contributed by atoms with Crippen LogP contribution in [0.5, 0.6) is 0 Å². The van der Waals surface area contributed by atoms with Crippen LogP contribution in [0, 0.1) is 6.92 Å². The number of carbonyl (C=O) groups is 1. The molecule has 9 heteroatoms. The molecule has 7 nitrogen and oxygen atoms in total. The highest BCUT2D eigenvalue weighted by atomic mass is 35.5. The molecule has 1 aromatic carbocycles. The zero-order valence-corrected chi connectivity index (χ0v) is 17.0. The summed E-state index contributed by atoms with van der Waals surface area (Å²) in [6.07, 6.45) is 3.47. The van der Waals surface area contributed by atoms with Gasteiger partial charge in [-0.3, -0.25) is 4.79 Å². The highest BCUT2D eigenvalue weighted by Crippen LogP contribution is 2.27. The number of amides is 2. The fourth-order valence-corrected chi connectivity index (χ4v) is 4.23. The monoisotopic (exact) mass is 421 g/mol. The van der Waals surface area contributed by atoms with Gasteiger partial charge in [0.05, 0.1) is 23.6 Å². The third kappa shape index (κ3) is 3.44. The van der Waals surface area contributed by atoms with Gasteiger partial charge in [0.25, 0.3) is 5.56 Å². The van der Waals surface area contributed by atoms with Gasteiger partial charge in [0.1, 0.15) is 5.02 Å². The molecule has 2 aromatic rings. The number of halogens is 2. The lowest BCUT2D eigenvalue weighted by Gasteiger charge is -2.38. The Bertz CT molecular complexity index is 977. The number of benzene rings is 1. The van der Waals surface area contributed by atoms with Crippen molar-refractivity contribution < 1.29 is 4.79 Å². The zero-order valence-electron chi connectivity index (χ0n) is 15.5. The predicted octanol–water partition coefficient (Wildman–Crippen LogP) is 2.84. The molecular weight excluding hydrogens is 401 g/mol. The molecule has 2 aliphatic heterocycles. The van der Waals surface area contributed by atoms with Crippen LogP contribution < -0.4 is 15.8 Å². The number of aryl methyl sites for hydroxylation is 1. The van der Waals surface area contributed by atoms with Crippen LogP contribution in [0.2, 0.25) is 10.0 Å².